The van der Waals surface area contributed by atoms with Gasteiger partial charge in [0, 0.05) is 0 Å². The highest BCUT2D eigenvalue weighted by Gasteiger charge is 2.37. The van der Waals surface area contributed by atoms with Gasteiger partial charge in [0.05, 0.1) is 12.8 Å². The van der Waals surface area contributed by atoms with E-state index in [0.717, 1.165) is 13.4 Å². The number of hydrogen-bond donors (Lipinski definition) is 0. The number of ether oxygens (including phenoxy) is 1. The van der Waals surface area contributed by atoms with Crippen LogP contribution in [0.2, 0.25) is 0 Å². The van der Waals surface area contributed by atoms with E-state index in [1.54, 1.807) is 0 Å². The molecule has 17 heavy (non-hydrogen) atoms. The van der Waals surface area contributed by atoms with Gasteiger partial charge < -0.3 is 4.74 Å². The molecule has 0 amide bonds. The van der Waals surface area contributed by atoms with Crippen molar-refractivity contribution in [2.45, 2.75) is 40.8 Å². The average molecular weight is 252 g/mol. The van der Waals surface area contributed by atoms with Crippen LogP contribution < -0.4 is 4.74 Å². The molecule has 100 valence electrons. The maximum absolute atomic E-state index is 12.3. The molecule has 1 rings (SSSR count). The summed E-state index contributed by atoms with van der Waals surface area (Å²) >= 11 is 0. The van der Waals surface area contributed by atoms with Gasteiger partial charge in [-0.1, -0.05) is 27.7 Å². The highest BCUT2D eigenvalue weighted by molar-refractivity contribution is 5.31. The Bertz CT molecular complexity index is 314. The first kappa shape index (κ1) is 18.0. The van der Waals surface area contributed by atoms with Crippen LogP contribution in [0, 0.1) is 6.92 Å². The monoisotopic (exact) mass is 252 g/mol. The highest BCUT2D eigenvalue weighted by Crippen LogP contribution is 2.35. The molecule has 0 spiro atoms. The van der Waals surface area contributed by atoms with E-state index in [2.05, 4.69) is 14.7 Å². The molecular weight excluding hydrogens is 233 g/mol. The Hall–Kier alpha value is -1.33. The molecule has 0 fully saturated rings. The van der Waals surface area contributed by atoms with Crippen LogP contribution in [0.15, 0.2) is 6.33 Å². The largest absolute Gasteiger partial charge is 0.480 e. The minimum atomic E-state index is -4.48. The number of aromatic nitrogens is 2. The van der Waals surface area contributed by atoms with Gasteiger partial charge in [-0.25, -0.2) is 9.97 Å². The fraction of sp³-hybridized carbons (Fsp3) is 0.636. The third kappa shape index (κ3) is 5.51. The summed E-state index contributed by atoms with van der Waals surface area (Å²) in [7, 11) is 1.14. The summed E-state index contributed by atoms with van der Waals surface area (Å²) in [4.78, 5) is 6.81. The lowest BCUT2D eigenvalue weighted by atomic mass is 10.2. The molecule has 1 aromatic rings. The zero-order valence-corrected chi connectivity index (χ0v) is 11.0. The number of hydrogen-bond acceptors (Lipinski definition) is 3. The maximum atomic E-state index is 12.3. The SMILES string of the molecule is CC.CC.COc1ncnc(C)c1C(F)(F)F. The molecule has 0 atom stereocenters. The lowest BCUT2D eigenvalue weighted by molar-refractivity contribution is -0.139. The van der Waals surface area contributed by atoms with Crippen LogP contribution in [-0.4, -0.2) is 17.1 Å². The summed E-state index contributed by atoms with van der Waals surface area (Å²) in [6.45, 7) is 9.26. The summed E-state index contributed by atoms with van der Waals surface area (Å²) < 4.78 is 41.5. The number of halogens is 3. The molecule has 3 nitrogen and oxygen atoms in total. The Morgan fingerprint density at radius 2 is 1.53 bits per heavy atom. The van der Waals surface area contributed by atoms with E-state index >= 15 is 0 Å². The van der Waals surface area contributed by atoms with Gasteiger partial charge in [-0.05, 0) is 6.92 Å². The minimum Gasteiger partial charge on any atom is -0.480 e. The van der Waals surface area contributed by atoms with E-state index in [1.807, 2.05) is 27.7 Å². The lowest BCUT2D eigenvalue weighted by Crippen LogP contribution is -2.12. The first-order chi connectivity index (χ1) is 7.96. The topological polar surface area (TPSA) is 35.0 Å². The first-order valence-corrected chi connectivity index (χ1v) is 5.39. The number of aryl methyl sites for hydroxylation is 1. The first-order valence-electron chi connectivity index (χ1n) is 5.39. The molecule has 0 aliphatic carbocycles. The smallest absolute Gasteiger partial charge is 0.423 e. The maximum Gasteiger partial charge on any atom is 0.423 e. The third-order valence-corrected chi connectivity index (χ3v) is 1.48. The van der Waals surface area contributed by atoms with Crippen LogP contribution in [0.3, 0.4) is 0 Å². The quantitative estimate of drug-likeness (QED) is 0.761. The molecular formula is C11H19F3N2O. The van der Waals surface area contributed by atoms with Gasteiger partial charge in [0.1, 0.15) is 11.9 Å². The molecule has 0 aromatic carbocycles. The lowest BCUT2D eigenvalue weighted by Gasteiger charge is -2.11. The van der Waals surface area contributed by atoms with E-state index in [1.165, 1.54) is 6.92 Å². The molecule has 1 heterocycles. The number of methoxy groups -OCH3 is 1. The molecule has 1 aromatic heterocycles. The minimum absolute atomic E-state index is 0.139. The van der Waals surface area contributed by atoms with E-state index in [4.69, 9.17) is 0 Å². The van der Waals surface area contributed by atoms with Crippen molar-refractivity contribution in [3.05, 3.63) is 17.6 Å². The predicted molar refractivity (Wildman–Crippen MR) is 61.0 cm³/mol. The Morgan fingerprint density at radius 3 is 1.82 bits per heavy atom. The molecule has 0 bridgehead atoms. The second-order valence-corrected chi connectivity index (χ2v) is 2.34. The van der Waals surface area contributed by atoms with Crippen LogP contribution in [-0.2, 0) is 6.18 Å². The zero-order chi connectivity index (χ0) is 14.1. The predicted octanol–water partition coefficient (Wildman–Crippen LogP) is 3.86. The van der Waals surface area contributed by atoms with Crippen molar-refractivity contribution in [1.29, 1.82) is 0 Å². The van der Waals surface area contributed by atoms with Crippen LogP contribution in [0.1, 0.15) is 39.0 Å². The van der Waals surface area contributed by atoms with Crippen molar-refractivity contribution in [3.8, 4) is 5.88 Å². The third-order valence-electron chi connectivity index (χ3n) is 1.48. The summed E-state index contributed by atoms with van der Waals surface area (Å²) in [5, 5.41) is 0. The summed E-state index contributed by atoms with van der Waals surface area (Å²) in [6.07, 6.45) is -3.44. The van der Waals surface area contributed by atoms with Crippen LogP contribution in [0.4, 0.5) is 13.2 Å². The van der Waals surface area contributed by atoms with Crippen LogP contribution >= 0.6 is 0 Å². The summed E-state index contributed by atoms with van der Waals surface area (Å²) in [6, 6.07) is 0. The Labute approximate surface area is 100 Å². The second kappa shape index (κ2) is 8.78. The van der Waals surface area contributed by atoms with Crippen molar-refractivity contribution in [2.75, 3.05) is 7.11 Å². The van der Waals surface area contributed by atoms with Gasteiger partial charge >= 0.3 is 6.18 Å². The fourth-order valence-electron chi connectivity index (χ4n) is 0.933. The number of alkyl halides is 3. The molecule has 6 heteroatoms. The number of rotatable bonds is 1. The molecule has 0 aliphatic rings. The molecule has 0 saturated carbocycles. The van der Waals surface area contributed by atoms with Crippen molar-refractivity contribution in [1.82, 2.24) is 9.97 Å². The van der Waals surface area contributed by atoms with Gasteiger partial charge in [-0.15, -0.1) is 0 Å². The van der Waals surface area contributed by atoms with Crippen LogP contribution in [0.25, 0.3) is 0 Å². The summed E-state index contributed by atoms with van der Waals surface area (Å²) in [5.74, 6) is -0.444. The van der Waals surface area contributed by atoms with Gasteiger partial charge in [-0.2, -0.15) is 13.2 Å². The van der Waals surface area contributed by atoms with Crippen molar-refractivity contribution >= 4 is 0 Å². The highest BCUT2D eigenvalue weighted by atomic mass is 19.4. The van der Waals surface area contributed by atoms with E-state index in [9.17, 15) is 13.2 Å². The molecule has 0 saturated heterocycles. The van der Waals surface area contributed by atoms with Crippen molar-refractivity contribution in [2.24, 2.45) is 0 Å². The van der Waals surface area contributed by atoms with Gasteiger partial charge in [0.2, 0.25) is 5.88 Å². The number of nitrogens with zero attached hydrogens (tertiary/aromatic N) is 2. The molecule has 0 unspecified atom stereocenters. The molecule has 0 N–H and O–H groups in total. The summed E-state index contributed by atoms with van der Waals surface area (Å²) in [5.41, 5.74) is -1.06. The normalized spacial score (nSPS) is 9.47. The van der Waals surface area contributed by atoms with E-state index in [0.29, 0.717) is 0 Å². The van der Waals surface area contributed by atoms with Gasteiger partial charge in [0.25, 0.3) is 0 Å². The molecule has 0 aliphatic heterocycles. The fourth-order valence-corrected chi connectivity index (χ4v) is 0.933. The van der Waals surface area contributed by atoms with Gasteiger partial charge in [0.15, 0.2) is 0 Å². The standard InChI is InChI=1S/C7H7F3N2O.2C2H6/c1-4-5(7(8,9)10)6(13-2)12-3-11-4;2*1-2/h3H,1-2H3;2*1-2H3. The van der Waals surface area contributed by atoms with Crippen molar-refractivity contribution < 1.29 is 17.9 Å². The second-order valence-electron chi connectivity index (χ2n) is 2.34. The van der Waals surface area contributed by atoms with Crippen molar-refractivity contribution in [3.63, 3.8) is 0 Å². The Kier molecular flexibility index (Phi) is 9.32. The van der Waals surface area contributed by atoms with Crippen LogP contribution in [0.5, 0.6) is 5.88 Å². The molecule has 0 radical (unpaired) electrons. The average Bonchev–Trinajstić information content (AvgIpc) is 2.32. The van der Waals surface area contributed by atoms with Gasteiger partial charge in [-0.3, -0.25) is 0 Å². The Balaban J connectivity index is 0. The van der Waals surface area contributed by atoms with E-state index < -0.39 is 17.6 Å². The Morgan fingerprint density at radius 1 is 1.06 bits per heavy atom. The van der Waals surface area contributed by atoms with E-state index in [-0.39, 0.29) is 5.69 Å². The zero-order valence-electron chi connectivity index (χ0n) is 11.0.